The molecule has 2 heterocycles. The Morgan fingerprint density at radius 3 is 2.65 bits per heavy atom. The van der Waals surface area contributed by atoms with Gasteiger partial charge in [-0.1, -0.05) is 0 Å². The third-order valence-electron chi connectivity index (χ3n) is 6.39. The van der Waals surface area contributed by atoms with Gasteiger partial charge in [0.15, 0.2) is 5.69 Å². The number of azo groups is 1. The van der Waals surface area contributed by atoms with E-state index in [0.717, 1.165) is 0 Å². The number of nitrogens with zero attached hydrogens (tertiary/aromatic N) is 3. The van der Waals surface area contributed by atoms with Crippen LogP contribution >= 0.6 is 0 Å². The van der Waals surface area contributed by atoms with Crippen molar-refractivity contribution in [2.75, 3.05) is 25.5 Å². The molecule has 2 atom stereocenters. The third-order valence-corrected chi connectivity index (χ3v) is 7.32. The summed E-state index contributed by atoms with van der Waals surface area (Å²) in [5, 5.41) is 26.5. The van der Waals surface area contributed by atoms with E-state index in [4.69, 9.17) is 9.88 Å². The first-order chi connectivity index (χ1) is 17.6. The van der Waals surface area contributed by atoms with Crippen LogP contribution in [0.4, 0.5) is 11.4 Å². The molecule has 0 saturated carbocycles. The lowest BCUT2D eigenvalue weighted by Crippen LogP contribution is -2.48. The highest BCUT2D eigenvalue weighted by atomic mass is 32.2. The van der Waals surface area contributed by atoms with Crippen molar-refractivity contribution in [3.8, 4) is 11.6 Å². The van der Waals surface area contributed by atoms with Gasteiger partial charge < -0.3 is 20.1 Å². The number of benzene rings is 2. The summed E-state index contributed by atoms with van der Waals surface area (Å²) >= 11 is 0. The second kappa shape index (κ2) is 10.7. The molecule has 12 nitrogen and oxygen atoms in total. The zero-order chi connectivity index (χ0) is 26.7. The highest BCUT2D eigenvalue weighted by Crippen LogP contribution is 2.37. The Bertz CT molecular complexity index is 1450. The average Bonchev–Trinajstić information content (AvgIpc) is 3.20. The van der Waals surface area contributed by atoms with Gasteiger partial charge in [0.25, 0.3) is 5.91 Å². The molecule has 1 aliphatic heterocycles. The molecule has 5 N–H and O–H groups in total. The number of aromatic amines is 1. The topological polar surface area (TPSA) is 180 Å². The maximum Gasteiger partial charge on any atom is 0.269 e. The Morgan fingerprint density at radius 2 is 1.97 bits per heavy atom. The van der Waals surface area contributed by atoms with Crippen LogP contribution in [0.2, 0.25) is 0 Å². The molecule has 4 rings (SSSR count). The number of aromatic hydroxyl groups is 1. The lowest BCUT2D eigenvalue weighted by molar-refractivity contribution is -0.127. The molecule has 2 amide bonds. The quantitative estimate of drug-likeness (QED) is 0.340. The van der Waals surface area contributed by atoms with Crippen LogP contribution in [0.15, 0.2) is 57.6 Å². The van der Waals surface area contributed by atoms with E-state index >= 15 is 0 Å². The molecule has 1 saturated heterocycles. The SMILES string of the molecule is COc1ccc2[nH]c(O)c(N=NC(=O)C3CCCN(C(C)C(=O)Nc4ccc(S(N)(=O)=O)cc4)C3)c2c1. The number of amides is 2. The summed E-state index contributed by atoms with van der Waals surface area (Å²) in [4.78, 5) is 30.3. The van der Waals surface area contributed by atoms with Crippen molar-refractivity contribution in [2.24, 2.45) is 21.3 Å². The molecule has 37 heavy (non-hydrogen) atoms. The van der Waals surface area contributed by atoms with Crippen molar-refractivity contribution in [3.05, 3.63) is 42.5 Å². The molecule has 13 heteroatoms. The molecule has 1 aromatic heterocycles. The zero-order valence-corrected chi connectivity index (χ0v) is 21.2. The minimum Gasteiger partial charge on any atom is -0.497 e. The van der Waals surface area contributed by atoms with Crippen LogP contribution in [-0.2, 0) is 19.6 Å². The Balaban J connectivity index is 1.40. The van der Waals surface area contributed by atoms with Gasteiger partial charge in [0.2, 0.25) is 21.8 Å². The van der Waals surface area contributed by atoms with Crippen LogP contribution in [0.1, 0.15) is 19.8 Å². The second-order valence-electron chi connectivity index (χ2n) is 8.84. The number of anilines is 1. The number of sulfonamides is 1. The number of methoxy groups -OCH3 is 1. The van der Waals surface area contributed by atoms with Gasteiger partial charge in [-0.2, -0.15) is 0 Å². The fourth-order valence-corrected chi connectivity index (χ4v) is 4.77. The summed E-state index contributed by atoms with van der Waals surface area (Å²) in [5.74, 6) is -0.816. The number of nitrogens with one attached hydrogen (secondary N) is 2. The molecule has 1 fully saturated rings. The number of hydrogen-bond donors (Lipinski definition) is 4. The van der Waals surface area contributed by atoms with E-state index in [1.54, 1.807) is 25.1 Å². The summed E-state index contributed by atoms with van der Waals surface area (Å²) < 4.78 is 28.0. The van der Waals surface area contributed by atoms with Crippen molar-refractivity contribution in [1.29, 1.82) is 0 Å². The molecule has 196 valence electrons. The van der Waals surface area contributed by atoms with Crippen LogP contribution in [0.5, 0.6) is 11.6 Å². The Labute approximate surface area is 213 Å². The fourth-order valence-electron chi connectivity index (χ4n) is 4.25. The van der Waals surface area contributed by atoms with E-state index in [2.05, 4.69) is 20.5 Å². The number of H-pyrrole nitrogens is 1. The lowest BCUT2D eigenvalue weighted by atomic mass is 9.96. The summed E-state index contributed by atoms with van der Waals surface area (Å²) in [6.07, 6.45) is 1.30. The first kappa shape index (κ1) is 26.3. The number of primary sulfonamides is 1. The van der Waals surface area contributed by atoms with E-state index in [0.29, 0.717) is 48.3 Å². The van der Waals surface area contributed by atoms with Crippen LogP contribution in [0.3, 0.4) is 0 Å². The standard InChI is InChI=1S/C24H28N6O6S/c1-14(22(31)26-16-5-8-18(9-6-16)37(25,34)35)30-11-3-4-15(13-30)23(32)29-28-21-19-12-17(36-2)7-10-20(19)27-24(21)33/h5-10,12,14-15,27,33H,3-4,11,13H2,1-2H3,(H,26,31)(H2,25,34,35). The molecule has 2 aromatic carbocycles. The number of piperidine rings is 1. The molecule has 2 unspecified atom stereocenters. The molecular formula is C24H28N6O6S. The summed E-state index contributed by atoms with van der Waals surface area (Å²) in [7, 11) is -2.30. The largest absolute Gasteiger partial charge is 0.497 e. The number of carbonyl (C=O) groups excluding carboxylic acids is 2. The highest BCUT2D eigenvalue weighted by molar-refractivity contribution is 7.89. The summed E-state index contributed by atoms with van der Waals surface area (Å²) in [5.41, 5.74) is 1.21. The molecule has 0 bridgehead atoms. The number of nitrogens with two attached hydrogens (primary N) is 1. The van der Waals surface area contributed by atoms with E-state index in [1.807, 2.05) is 4.90 Å². The summed E-state index contributed by atoms with van der Waals surface area (Å²) in [6.45, 7) is 2.69. The average molecular weight is 529 g/mol. The summed E-state index contributed by atoms with van der Waals surface area (Å²) in [6, 6.07) is 10.2. The van der Waals surface area contributed by atoms with Crippen molar-refractivity contribution in [2.45, 2.75) is 30.7 Å². The van der Waals surface area contributed by atoms with Crippen LogP contribution < -0.4 is 15.2 Å². The zero-order valence-electron chi connectivity index (χ0n) is 20.3. The number of hydrogen-bond acceptors (Lipinski definition) is 8. The van der Waals surface area contributed by atoms with E-state index in [9.17, 15) is 23.1 Å². The third kappa shape index (κ3) is 5.96. The maximum atomic E-state index is 12.8. The smallest absolute Gasteiger partial charge is 0.269 e. The molecule has 0 radical (unpaired) electrons. The number of fused-ring (bicyclic) bond motifs is 1. The van der Waals surface area contributed by atoms with Crippen LogP contribution in [-0.4, -0.2) is 61.5 Å². The number of carbonyl (C=O) groups is 2. The van der Waals surface area contributed by atoms with Gasteiger partial charge in [0.1, 0.15) is 5.75 Å². The molecule has 0 aliphatic carbocycles. The van der Waals surface area contributed by atoms with Crippen molar-refractivity contribution >= 4 is 44.1 Å². The highest BCUT2D eigenvalue weighted by Gasteiger charge is 2.31. The van der Waals surface area contributed by atoms with Crippen LogP contribution in [0, 0.1) is 5.92 Å². The number of likely N-dealkylation sites (tertiary alicyclic amines) is 1. The predicted octanol–water partition coefficient (Wildman–Crippen LogP) is 2.88. The number of ether oxygens (including phenoxy) is 1. The van der Waals surface area contributed by atoms with Crippen LogP contribution in [0.25, 0.3) is 10.9 Å². The van der Waals surface area contributed by atoms with Gasteiger partial charge in [-0.3, -0.25) is 14.5 Å². The molecular weight excluding hydrogens is 500 g/mol. The van der Waals surface area contributed by atoms with Crippen molar-refractivity contribution in [1.82, 2.24) is 9.88 Å². The van der Waals surface area contributed by atoms with E-state index < -0.39 is 27.9 Å². The lowest BCUT2D eigenvalue weighted by Gasteiger charge is -2.34. The van der Waals surface area contributed by atoms with Crippen molar-refractivity contribution < 1.29 is 27.9 Å². The fraction of sp³-hybridized carbons (Fsp3) is 0.333. The van der Waals surface area contributed by atoms with Gasteiger partial charge in [0, 0.05) is 17.6 Å². The minimum atomic E-state index is -3.82. The van der Waals surface area contributed by atoms with Gasteiger partial charge in [0.05, 0.1) is 29.5 Å². The first-order valence-corrected chi connectivity index (χ1v) is 13.1. The number of aromatic nitrogens is 1. The van der Waals surface area contributed by atoms with Gasteiger partial charge in [-0.15, -0.1) is 10.2 Å². The molecule has 0 spiro atoms. The number of rotatable bonds is 7. The normalized spacial score (nSPS) is 17.6. The molecule has 3 aromatic rings. The van der Waals surface area contributed by atoms with Gasteiger partial charge in [-0.05, 0) is 68.8 Å². The molecule has 1 aliphatic rings. The Morgan fingerprint density at radius 1 is 1.24 bits per heavy atom. The first-order valence-electron chi connectivity index (χ1n) is 11.6. The van der Waals surface area contributed by atoms with E-state index in [-0.39, 0.29) is 22.4 Å². The Hall–Kier alpha value is -3.81. The van der Waals surface area contributed by atoms with Gasteiger partial charge >= 0.3 is 0 Å². The monoisotopic (exact) mass is 528 g/mol. The maximum absolute atomic E-state index is 12.8. The predicted molar refractivity (Wildman–Crippen MR) is 136 cm³/mol. The minimum absolute atomic E-state index is 0.0508. The Kier molecular flexibility index (Phi) is 7.57. The van der Waals surface area contributed by atoms with Crippen molar-refractivity contribution in [3.63, 3.8) is 0 Å². The van der Waals surface area contributed by atoms with E-state index in [1.165, 1.54) is 31.4 Å². The second-order valence-corrected chi connectivity index (χ2v) is 10.4. The van der Waals surface area contributed by atoms with Gasteiger partial charge in [-0.25, -0.2) is 13.6 Å².